The molecule has 0 bridgehead atoms. The normalized spacial score (nSPS) is 14.0. The minimum atomic E-state index is -3.19. The van der Waals surface area contributed by atoms with E-state index >= 15 is 0 Å². The van der Waals surface area contributed by atoms with Crippen LogP contribution in [0.15, 0.2) is 0 Å². The Morgan fingerprint density at radius 3 is 2.11 bits per heavy atom. The largest absolute Gasteiger partial charge is 0.481 e. The maximum absolute atomic E-state index is 11.6. The van der Waals surface area contributed by atoms with E-state index in [4.69, 9.17) is 5.11 Å². The smallest absolute Gasteiger partial charge is 0.305 e. The maximum atomic E-state index is 11.6. The van der Waals surface area contributed by atoms with Gasteiger partial charge in [0, 0.05) is 18.7 Å². The SMILES string of the molecule is CC(C)(C)C(CC(=O)O)NC(=O)CCS(C)(=O)=O. The number of aliphatic carboxylic acids is 1. The van der Waals surface area contributed by atoms with Crippen molar-refractivity contribution in [2.75, 3.05) is 12.0 Å². The van der Waals surface area contributed by atoms with Gasteiger partial charge in [0.2, 0.25) is 5.91 Å². The zero-order valence-electron chi connectivity index (χ0n) is 11.2. The highest BCUT2D eigenvalue weighted by Gasteiger charge is 2.28. The summed E-state index contributed by atoms with van der Waals surface area (Å²) < 4.78 is 21.8. The Labute approximate surface area is 108 Å². The summed E-state index contributed by atoms with van der Waals surface area (Å²) >= 11 is 0. The molecular formula is C11H21NO5S. The first-order valence-electron chi connectivity index (χ1n) is 5.60. The van der Waals surface area contributed by atoms with Gasteiger partial charge in [-0.05, 0) is 5.41 Å². The molecule has 0 rings (SSSR count). The van der Waals surface area contributed by atoms with Crippen LogP contribution in [0.3, 0.4) is 0 Å². The molecule has 0 aromatic heterocycles. The first-order chi connectivity index (χ1) is 7.92. The molecule has 0 radical (unpaired) electrons. The summed E-state index contributed by atoms with van der Waals surface area (Å²) in [5.41, 5.74) is -0.404. The number of carboxylic acids is 1. The van der Waals surface area contributed by atoms with Gasteiger partial charge in [0.25, 0.3) is 0 Å². The van der Waals surface area contributed by atoms with Crippen LogP contribution in [0, 0.1) is 5.41 Å². The molecular weight excluding hydrogens is 258 g/mol. The molecule has 0 aromatic rings. The molecule has 1 atom stereocenters. The van der Waals surface area contributed by atoms with Crippen LogP contribution in [0.1, 0.15) is 33.6 Å². The molecule has 0 saturated carbocycles. The highest BCUT2D eigenvalue weighted by atomic mass is 32.2. The highest BCUT2D eigenvalue weighted by molar-refractivity contribution is 7.90. The Kier molecular flexibility index (Phi) is 5.79. The van der Waals surface area contributed by atoms with Crippen molar-refractivity contribution >= 4 is 21.7 Å². The summed E-state index contributed by atoms with van der Waals surface area (Å²) in [5.74, 6) is -1.68. The molecule has 1 amide bonds. The molecule has 0 saturated heterocycles. The van der Waals surface area contributed by atoms with Gasteiger partial charge in [-0.1, -0.05) is 20.8 Å². The molecule has 0 aliphatic rings. The number of sulfone groups is 1. The third-order valence-electron chi connectivity index (χ3n) is 2.46. The van der Waals surface area contributed by atoms with E-state index in [9.17, 15) is 18.0 Å². The lowest BCUT2D eigenvalue weighted by atomic mass is 9.84. The minimum Gasteiger partial charge on any atom is -0.481 e. The number of carbonyl (C=O) groups excluding carboxylic acids is 1. The van der Waals surface area contributed by atoms with Crippen molar-refractivity contribution in [2.24, 2.45) is 5.41 Å². The summed E-state index contributed by atoms with van der Waals surface area (Å²) in [7, 11) is -3.19. The van der Waals surface area contributed by atoms with Gasteiger partial charge in [0.15, 0.2) is 0 Å². The maximum Gasteiger partial charge on any atom is 0.305 e. The zero-order chi connectivity index (χ0) is 14.6. The highest BCUT2D eigenvalue weighted by Crippen LogP contribution is 2.21. The van der Waals surface area contributed by atoms with Crippen molar-refractivity contribution in [1.29, 1.82) is 0 Å². The zero-order valence-corrected chi connectivity index (χ0v) is 12.0. The van der Waals surface area contributed by atoms with E-state index in [1.54, 1.807) is 0 Å². The molecule has 7 heteroatoms. The van der Waals surface area contributed by atoms with Gasteiger partial charge < -0.3 is 10.4 Å². The van der Waals surface area contributed by atoms with Crippen LogP contribution in [-0.4, -0.2) is 43.5 Å². The third kappa shape index (κ3) is 8.05. The molecule has 0 aliphatic heterocycles. The van der Waals surface area contributed by atoms with Gasteiger partial charge in [0.05, 0.1) is 12.2 Å². The lowest BCUT2D eigenvalue weighted by Gasteiger charge is -2.30. The fourth-order valence-electron chi connectivity index (χ4n) is 1.29. The van der Waals surface area contributed by atoms with Crippen molar-refractivity contribution < 1.29 is 23.1 Å². The van der Waals surface area contributed by atoms with E-state index in [1.807, 2.05) is 20.8 Å². The third-order valence-corrected chi connectivity index (χ3v) is 3.40. The number of rotatable bonds is 6. The molecule has 0 aromatic carbocycles. The molecule has 0 aliphatic carbocycles. The summed E-state index contributed by atoms with van der Waals surface area (Å²) in [6.45, 7) is 5.45. The fraction of sp³-hybridized carbons (Fsp3) is 0.818. The van der Waals surface area contributed by atoms with Crippen molar-refractivity contribution in [3.8, 4) is 0 Å². The molecule has 1 unspecified atom stereocenters. The lowest BCUT2D eigenvalue weighted by molar-refractivity contribution is -0.138. The predicted molar refractivity (Wildman–Crippen MR) is 68.0 cm³/mol. The van der Waals surface area contributed by atoms with Crippen molar-refractivity contribution in [1.82, 2.24) is 5.32 Å². The number of carbonyl (C=O) groups is 2. The molecule has 106 valence electrons. The molecule has 6 nitrogen and oxygen atoms in total. The summed E-state index contributed by atoms with van der Waals surface area (Å²) in [6.07, 6.45) is 0.720. The van der Waals surface area contributed by atoms with Gasteiger partial charge in [0.1, 0.15) is 9.84 Å². The Hall–Kier alpha value is -1.11. The Balaban J connectivity index is 4.50. The average molecular weight is 279 g/mol. The van der Waals surface area contributed by atoms with Crippen molar-refractivity contribution in [3.63, 3.8) is 0 Å². The van der Waals surface area contributed by atoms with Gasteiger partial charge in [-0.2, -0.15) is 0 Å². The topological polar surface area (TPSA) is 101 Å². The number of hydrogen-bond donors (Lipinski definition) is 2. The van der Waals surface area contributed by atoms with E-state index < -0.39 is 33.2 Å². The van der Waals surface area contributed by atoms with Crippen LogP contribution in [0.2, 0.25) is 0 Å². The molecule has 0 fully saturated rings. The molecule has 2 N–H and O–H groups in total. The number of amides is 1. The Bertz CT molecular complexity index is 408. The van der Waals surface area contributed by atoms with Gasteiger partial charge in [-0.3, -0.25) is 9.59 Å². The summed E-state index contributed by atoms with van der Waals surface area (Å²) in [4.78, 5) is 22.3. The molecule has 0 spiro atoms. The molecule has 0 heterocycles. The standard InChI is InChI=1S/C11H21NO5S/c1-11(2,3)8(7-10(14)15)12-9(13)5-6-18(4,16)17/h8H,5-7H2,1-4H3,(H,12,13)(H,14,15). The second kappa shape index (κ2) is 6.17. The average Bonchev–Trinajstić information content (AvgIpc) is 2.10. The fourth-order valence-corrected chi connectivity index (χ4v) is 1.85. The lowest BCUT2D eigenvalue weighted by Crippen LogP contribution is -2.45. The first kappa shape index (κ1) is 16.9. The van der Waals surface area contributed by atoms with Crippen LogP contribution in [-0.2, 0) is 19.4 Å². The number of nitrogens with one attached hydrogen (secondary N) is 1. The van der Waals surface area contributed by atoms with E-state index in [0.717, 1.165) is 6.26 Å². The van der Waals surface area contributed by atoms with Gasteiger partial charge in [-0.15, -0.1) is 0 Å². The summed E-state index contributed by atoms with van der Waals surface area (Å²) in [6, 6.07) is -0.526. The number of hydrogen-bond acceptors (Lipinski definition) is 4. The molecule has 18 heavy (non-hydrogen) atoms. The Morgan fingerprint density at radius 2 is 1.78 bits per heavy atom. The van der Waals surface area contributed by atoms with Crippen molar-refractivity contribution in [3.05, 3.63) is 0 Å². The minimum absolute atomic E-state index is 0.148. The van der Waals surface area contributed by atoms with Crippen LogP contribution in [0.25, 0.3) is 0 Å². The van der Waals surface area contributed by atoms with E-state index in [-0.39, 0.29) is 18.6 Å². The van der Waals surface area contributed by atoms with E-state index in [1.165, 1.54) is 0 Å². The monoisotopic (exact) mass is 279 g/mol. The first-order valence-corrected chi connectivity index (χ1v) is 7.67. The van der Waals surface area contributed by atoms with E-state index in [0.29, 0.717) is 0 Å². The Morgan fingerprint density at radius 1 is 1.28 bits per heavy atom. The van der Waals surface area contributed by atoms with E-state index in [2.05, 4.69) is 5.32 Å². The second-order valence-electron chi connectivity index (χ2n) is 5.46. The number of carboxylic acid groups (broad SMARTS) is 1. The quantitative estimate of drug-likeness (QED) is 0.734. The van der Waals surface area contributed by atoms with Gasteiger partial charge in [-0.25, -0.2) is 8.42 Å². The summed E-state index contributed by atoms with van der Waals surface area (Å²) in [5, 5.41) is 11.3. The second-order valence-corrected chi connectivity index (χ2v) is 7.72. The van der Waals surface area contributed by atoms with Crippen LogP contribution in [0.4, 0.5) is 0 Å². The van der Waals surface area contributed by atoms with Gasteiger partial charge >= 0.3 is 5.97 Å². The van der Waals surface area contributed by atoms with Crippen molar-refractivity contribution in [2.45, 2.75) is 39.7 Å². The van der Waals surface area contributed by atoms with Crippen LogP contribution < -0.4 is 5.32 Å². The van der Waals surface area contributed by atoms with Crippen LogP contribution in [0.5, 0.6) is 0 Å². The predicted octanol–water partition coefficient (Wildman–Crippen LogP) is 0.427. The van der Waals surface area contributed by atoms with Crippen LogP contribution >= 0.6 is 0 Å².